The lowest BCUT2D eigenvalue weighted by Gasteiger charge is -2.56. The van der Waals surface area contributed by atoms with Crippen LogP contribution >= 0.6 is 0 Å². The smallest absolute Gasteiger partial charge is 0.228 e. The van der Waals surface area contributed by atoms with Crippen molar-refractivity contribution in [2.45, 2.75) is 117 Å². The van der Waals surface area contributed by atoms with Crippen molar-refractivity contribution in [2.75, 3.05) is 13.6 Å². The molecule has 0 atom stereocenters. The zero-order valence-electron chi connectivity index (χ0n) is 18.5. The Hall–Kier alpha value is -0.570. The van der Waals surface area contributed by atoms with Crippen LogP contribution in [0.1, 0.15) is 100 Å². The Kier molecular flexibility index (Phi) is 7.56. The molecule has 25 heavy (non-hydrogen) atoms. The Balaban J connectivity index is 3.03. The van der Waals surface area contributed by atoms with Gasteiger partial charge in [-0.1, -0.05) is 47.0 Å². The molecule has 0 saturated carbocycles. The zero-order valence-corrected chi connectivity index (χ0v) is 18.5. The summed E-state index contributed by atoms with van der Waals surface area (Å²) in [7, 11) is 2.24. The minimum Gasteiger partial charge on any atom is -0.339 e. The van der Waals surface area contributed by atoms with E-state index in [9.17, 15) is 4.79 Å². The van der Waals surface area contributed by atoms with Gasteiger partial charge in [-0.3, -0.25) is 9.69 Å². The van der Waals surface area contributed by atoms with Crippen LogP contribution in [0, 0.1) is 5.41 Å². The lowest BCUT2D eigenvalue weighted by atomic mass is 9.76. The first kappa shape index (κ1) is 22.5. The molecule has 148 valence electrons. The quantitative estimate of drug-likeness (QED) is 0.540. The molecule has 0 unspecified atom stereocenters. The number of hydrogen-bond acceptors (Lipinski definition) is 2. The third kappa shape index (κ3) is 5.45. The topological polar surface area (TPSA) is 23.6 Å². The molecule has 0 radical (unpaired) electrons. The fraction of sp³-hybridized carbons (Fsp3) is 0.955. The lowest BCUT2D eigenvalue weighted by Crippen LogP contribution is -2.64. The van der Waals surface area contributed by atoms with E-state index in [1.54, 1.807) is 0 Å². The van der Waals surface area contributed by atoms with E-state index in [4.69, 9.17) is 0 Å². The lowest BCUT2D eigenvalue weighted by molar-refractivity contribution is -0.147. The van der Waals surface area contributed by atoms with E-state index in [0.29, 0.717) is 11.9 Å². The summed E-state index contributed by atoms with van der Waals surface area (Å²) in [5.74, 6) is 0.354. The van der Waals surface area contributed by atoms with Crippen molar-refractivity contribution in [2.24, 2.45) is 5.41 Å². The molecular formula is C22H44N2O. The highest BCUT2D eigenvalue weighted by Crippen LogP contribution is 2.40. The third-order valence-electron chi connectivity index (χ3n) is 6.70. The number of hydrogen-bond donors (Lipinski definition) is 0. The van der Waals surface area contributed by atoms with E-state index in [1.807, 2.05) is 0 Å². The summed E-state index contributed by atoms with van der Waals surface area (Å²) in [6.45, 7) is 18.8. The number of carbonyl (C=O) groups is 1. The van der Waals surface area contributed by atoms with Crippen molar-refractivity contribution in [1.29, 1.82) is 0 Å². The maximum atomic E-state index is 13.4. The second-order valence-corrected chi connectivity index (χ2v) is 10.0. The first-order valence-electron chi connectivity index (χ1n) is 10.4. The molecule has 0 spiro atoms. The number of unbranched alkanes of at least 4 members (excludes halogenated alkanes) is 3. The highest BCUT2D eigenvalue weighted by atomic mass is 16.2. The van der Waals surface area contributed by atoms with Crippen molar-refractivity contribution < 1.29 is 4.79 Å². The molecule has 0 aromatic heterocycles. The summed E-state index contributed by atoms with van der Waals surface area (Å²) in [4.78, 5) is 18.1. The summed E-state index contributed by atoms with van der Waals surface area (Å²) in [6.07, 6.45) is 7.89. The summed E-state index contributed by atoms with van der Waals surface area (Å²) >= 11 is 0. The zero-order chi connectivity index (χ0) is 19.5. The van der Waals surface area contributed by atoms with Crippen LogP contribution in [0.4, 0.5) is 0 Å². The van der Waals surface area contributed by atoms with Gasteiger partial charge in [-0.15, -0.1) is 0 Å². The molecule has 0 aromatic carbocycles. The van der Waals surface area contributed by atoms with Crippen molar-refractivity contribution in [3.8, 4) is 0 Å². The predicted molar refractivity (Wildman–Crippen MR) is 109 cm³/mol. The SMILES string of the molecule is CCCCCCN(C(=O)C(C)(C)CC)C1CC(C)(C)N(C)C(C)(C)C1. The van der Waals surface area contributed by atoms with E-state index < -0.39 is 0 Å². The first-order valence-corrected chi connectivity index (χ1v) is 10.4. The Morgan fingerprint density at radius 3 is 2.00 bits per heavy atom. The van der Waals surface area contributed by atoms with Crippen LogP contribution < -0.4 is 0 Å². The van der Waals surface area contributed by atoms with Gasteiger partial charge < -0.3 is 4.90 Å². The van der Waals surface area contributed by atoms with Crippen molar-refractivity contribution in [3.63, 3.8) is 0 Å². The number of rotatable bonds is 8. The van der Waals surface area contributed by atoms with E-state index >= 15 is 0 Å². The molecule has 0 aliphatic carbocycles. The minimum atomic E-state index is -0.262. The van der Waals surface area contributed by atoms with Gasteiger partial charge in [0.2, 0.25) is 5.91 Å². The highest BCUT2D eigenvalue weighted by molar-refractivity contribution is 5.82. The van der Waals surface area contributed by atoms with Crippen LogP contribution in [0.25, 0.3) is 0 Å². The average molecular weight is 353 g/mol. The Morgan fingerprint density at radius 1 is 1.04 bits per heavy atom. The highest BCUT2D eigenvalue weighted by Gasteiger charge is 2.46. The van der Waals surface area contributed by atoms with Crippen LogP contribution in [-0.2, 0) is 4.79 Å². The minimum absolute atomic E-state index is 0.116. The van der Waals surface area contributed by atoms with Gasteiger partial charge in [-0.05, 0) is 60.4 Å². The predicted octanol–water partition coefficient (Wildman–Crippen LogP) is 5.48. The fourth-order valence-electron chi connectivity index (χ4n) is 4.24. The standard InChI is InChI=1S/C22H44N2O/c1-10-12-13-14-15-24(19(25)20(3,4)11-2)18-16-21(5,6)23(9)22(7,8)17-18/h18H,10-17H2,1-9H3. The van der Waals surface area contributed by atoms with Gasteiger partial charge in [0.05, 0.1) is 0 Å². The second-order valence-electron chi connectivity index (χ2n) is 10.0. The number of piperidine rings is 1. The molecule has 1 heterocycles. The van der Waals surface area contributed by atoms with Crippen molar-refractivity contribution in [3.05, 3.63) is 0 Å². The third-order valence-corrected chi connectivity index (χ3v) is 6.70. The molecule has 1 aliphatic heterocycles. The van der Waals surface area contributed by atoms with Crippen LogP contribution in [-0.4, -0.2) is 46.4 Å². The number of carbonyl (C=O) groups excluding carboxylic acids is 1. The number of amides is 1. The van der Waals surface area contributed by atoms with E-state index in [2.05, 4.69) is 72.2 Å². The van der Waals surface area contributed by atoms with Gasteiger partial charge in [0.15, 0.2) is 0 Å². The normalized spacial score (nSPS) is 21.3. The molecule has 0 N–H and O–H groups in total. The Morgan fingerprint density at radius 2 is 1.56 bits per heavy atom. The number of likely N-dealkylation sites (tertiary alicyclic amines) is 1. The molecule has 1 aliphatic rings. The Labute approximate surface area is 157 Å². The molecule has 1 amide bonds. The van der Waals surface area contributed by atoms with Gasteiger partial charge in [0.25, 0.3) is 0 Å². The average Bonchev–Trinajstić information content (AvgIpc) is 2.51. The largest absolute Gasteiger partial charge is 0.339 e. The summed E-state index contributed by atoms with van der Waals surface area (Å²) in [6, 6.07) is 0.348. The molecule has 1 rings (SSSR count). The van der Waals surface area contributed by atoms with Crippen molar-refractivity contribution >= 4 is 5.91 Å². The van der Waals surface area contributed by atoms with Gasteiger partial charge in [0, 0.05) is 29.1 Å². The molecule has 1 saturated heterocycles. The van der Waals surface area contributed by atoms with E-state index in [-0.39, 0.29) is 16.5 Å². The first-order chi connectivity index (χ1) is 11.4. The van der Waals surface area contributed by atoms with Gasteiger partial charge >= 0.3 is 0 Å². The van der Waals surface area contributed by atoms with Crippen LogP contribution in [0.3, 0.4) is 0 Å². The van der Waals surface area contributed by atoms with E-state index in [0.717, 1.165) is 32.2 Å². The molecular weight excluding hydrogens is 308 g/mol. The summed E-state index contributed by atoms with van der Waals surface area (Å²) in [5, 5.41) is 0. The maximum Gasteiger partial charge on any atom is 0.228 e. The second kappa shape index (κ2) is 8.41. The van der Waals surface area contributed by atoms with Gasteiger partial charge in [0.1, 0.15) is 0 Å². The van der Waals surface area contributed by atoms with Crippen LogP contribution in [0.5, 0.6) is 0 Å². The van der Waals surface area contributed by atoms with Crippen LogP contribution in [0.15, 0.2) is 0 Å². The monoisotopic (exact) mass is 352 g/mol. The summed E-state index contributed by atoms with van der Waals surface area (Å²) < 4.78 is 0. The Bertz CT molecular complexity index is 421. The van der Waals surface area contributed by atoms with E-state index in [1.165, 1.54) is 19.3 Å². The fourth-order valence-corrected chi connectivity index (χ4v) is 4.24. The van der Waals surface area contributed by atoms with Gasteiger partial charge in [-0.25, -0.2) is 0 Å². The molecule has 1 fully saturated rings. The molecule has 3 heteroatoms. The molecule has 0 aromatic rings. The van der Waals surface area contributed by atoms with Crippen molar-refractivity contribution in [1.82, 2.24) is 9.80 Å². The molecule has 3 nitrogen and oxygen atoms in total. The molecule has 0 bridgehead atoms. The van der Waals surface area contributed by atoms with Gasteiger partial charge in [-0.2, -0.15) is 0 Å². The maximum absolute atomic E-state index is 13.4. The van der Waals surface area contributed by atoms with Crippen LogP contribution in [0.2, 0.25) is 0 Å². The number of nitrogens with zero attached hydrogens (tertiary/aromatic N) is 2. The summed E-state index contributed by atoms with van der Waals surface area (Å²) in [5.41, 5.74) is -0.0299.